The molecular weight excluding hydrogens is 499 g/mol. The molecule has 0 radical (unpaired) electrons. The van der Waals surface area contributed by atoms with Crippen LogP contribution in [0.25, 0.3) is 6.08 Å². The molecular formula is C24H18Cl2N2O5S. The zero-order valence-electron chi connectivity index (χ0n) is 18.3. The van der Waals surface area contributed by atoms with Crippen molar-refractivity contribution in [3.8, 4) is 0 Å². The molecule has 2 aromatic carbocycles. The van der Waals surface area contributed by atoms with Crippen molar-refractivity contribution in [1.29, 1.82) is 0 Å². The highest BCUT2D eigenvalue weighted by Crippen LogP contribution is 2.31. The number of methoxy groups -OCH3 is 2. The Balaban J connectivity index is 1.96. The number of aromatic nitrogens is 1. The summed E-state index contributed by atoms with van der Waals surface area (Å²) in [7, 11) is 2.56. The fourth-order valence-electron chi connectivity index (χ4n) is 3.71. The number of carbonyl (C=O) groups excluding carboxylic acids is 2. The lowest BCUT2D eigenvalue weighted by molar-refractivity contribution is -0.136. The van der Waals surface area contributed by atoms with E-state index >= 15 is 0 Å². The van der Waals surface area contributed by atoms with Gasteiger partial charge in [-0.05, 0) is 42.8 Å². The highest BCUT2D eigenvalue weighted by atomic mass is 35.5. The first-order valence-electron chi connectivity index (χ1n) is 10.00. The summed E-state index contributed by atoms with van der Waals surface area (Å²) in [6.07, 6.45) is 1.61. The molecule has 7 nitrogen and oxygen atoms in total. The van der Waals surface area contributed by atoms with Crippen molar-refractivity contribution in [2.75, 3.05) is 14.2 Å². The number of esters is 2. The molecule has 1 aliphatic heterocycles. The smallest absolute Gasteiger partial charge is 0.338 e. The van der Waals surface area contributed by atoms with Crippen molar-refractivity contribution in [2.24, 2.45) is 4.99 Å². The summed E-state index contributed by atoms with van der Waals surface area (Å²) in [6, 6.07) is 10.8. The van der Waals surface area contributed by atoms with Gasteiger partial charge in [0, 0.05) is 15.6 Å². The molecule has 0 bridgehead atoms. The van der Waals surface area contributed by atoms with Gasteiger partial charge in [0.05, 0.1) is 41.6 Å². The molecule has 4 rings (SSSR count). The number of thiazole rings is 1. The number of ether oxygens (including phenoxy) is 2. The van der Waals surface area contributed by atoms with E-state index in [4.69, 9.17) is 32.7 Å². The van der Waals surface area contributed by atoms with E-state index in [2.05, 4.69) is 4.99 Å². The summed E-state index contributed by atoms with van der Waals surface area (Å²) in [4.78, 5) is 43.0. The Morgan fingerprint density at radius 3 is 2.24 bits per heavy atom. The first kappa shape index (κ1) is 23.9. The summed E-state index contributed by atoms with van der Waals surface area (Å²) in [5.41, 5.74) is 1.74. The minimum Gasteiger partial charge on any atom is -0.466 e. The van der Waals surface area contributed by atoms with E-state index in [1.165, 1.54) is 18.8 Å². The molecule has 0 fully saturated rings. The number of benzene rings is 2. The molecule has 0 aliphatic carbocycles. The van der Waals surface area contributed by atoms with Crippen LogP contribution in [-0.4, -0.2) is 30.7 Å². The van der Waals surface area contributed by atoms with Crippen LogP contribution >= 0.6 is 34.5 Å². The van der Waals surface area contributed by atoms with Crippen LogP contribution < -0.4 is 14.9 Å². The van der Waals surface area contributed by atoms with E-state index in [0.29, 0.717) is 41.8 Å². The van der Waals surface area contributed by atoms with Crippen molar-refractivity contribution in [3.63, 3.8) is 0 Å². The quantitative estimate of drug-likeness (QED) is 0.495. The number of fused-ring (bicyclic) bond motifs is 1. The van der Waals surface area contributed by atoms with Crippen LogP contribution in [0.3, 0.4) is 0 Å². The first-order valence-corrected chi connectivity index (χ1v) is 11.6. The van der Waals surface area contributed by atoms with Crippen LogP contribution in [0, 0.1) is 0 Å². The first-order chi connectivity index (χ1) is 16.3. The number of rotatable bonds is 4. The maximum atomic E-state index is 13.6. The van der Waals surface area contributed by atoms with Gasteiger partial charge in [-0.15, -0.1) is 0 Å². The van der Waals surface area contributed by atoms with E-state index in [0.717, 1.165) is 11.3 Å². The van der Waals surface area contributed by atoms with Crippen molar-refractivity contribution in [2.45, 2.75) is 13.0 Å². The van der Waals surface area contributed by atoms with Gasteiger partial charge in [0.2, 0.25) is 0 Å². The van der Waals surface area contributed by atoms with Gasteiger partial charge in [0.1, 0.15) is 0 Å². The normalized spacial score (nSPS) is 15.6. The zero-order valence-corrected chi connectivity index (χ0v) is 20.6. The van der Waals surface area contributed by atoms with Crippen LogP contribution in [0.2, 0.25) is 10.0 Å². The third-order valence-corrected chi connectivity index (χ3v) is 6.99. The van der Waals surface area contributed by atoms with Gasteiger partial charge in [0.15, 0.2) is 4.80 Å². The molecule has 0 saturated heterocycles. The van der Waals surface area contributed by atoms with E-state index in [1.807, 2.05) is 0 Å². The maximum absolute atomic E-state index is 13.6. The monoisotopic (exact) mass is 516 g/mol. The van der Waals surface area contributed by atoms with Gasteiger partial charge in [-0.2, -0.15) is 0 Å². The van der Waals surface area contributed by atoms with E-state index < -0.39 is 18.0 Å². The zero-order chi connectivity index (χ0) is 24.6. The lowest BCUT2D eigenvalue weighted by Crippen LogP contribution is -2.39. The SMILES string of the molecule is COC(=O)C1=C(C)N=c2sc(=Cc3c(Cl)cccc3Cl)c(=O)n2C1c1ccc(C(=O)OC)cc1. The van der Waals surface area contributed by atoms with Gasteiger partial charge in [-0.1, -0.05) is 52.7 Å². The van der Waals surface area contributed by atoms with Crippen LogP contribution in [0.4, 0.5) is 0 Å². The highest BCUT2D eigenvalue weighted by molar-refractivity contribution is 7.07. The largest absolute Gasteiger partial charge is 0.466 e. The molecule has 3 aromatic rings. The molecule has 34 heavy (non-hydrogen) atoms. The van der Waals surface area contributed by atoms with Crippen LogP contribution in [0.5, 0.6) is 0 Å². The second-order valence-corrected chi connectivity index (χ2v) is 9.15. The average molecular weight is 517 g/mol. The number of hydrogen-bond donors (Lipinski definition) is 0. The van der Waals surface area contributed by atoms with Crippen LogP contribution in [0.15, 0.2) is 63.5 Å². The molecule has 1 aliphatic rings. The van der Waals surface area contributed by atoms with Crippen LogP contribution in [0.1, 0.15) is 34.5 Å². The summed E-state index contributed by atoms with van der Waals surface area (Å²) in [6.45, 7) is 1.68. The summed E-state index contributed by atoms with van der Waals surface area (Å²) < 4.78 is 11.5. The van der Waals surface area contributed by atoms with Gasteiger partial charge < -0.3 is 9.47 Å². The van der Waals surface area contributed by atoms with Gasteiger partial charge in [-0.25, -0.2) is 14.6 Å². The number of nitrogens with zero attached hydrogens (tertiary/aromatic N) is 2. The maximum Gasteiger partial charge on any atom is 0.338 e. The number of halogens is 2. The Labute approximate surface area is 208 Å². The van der Waals surface area contributed by atoms with Crippen molar-refractivity contribution in [3.05, 3.63) is 100 Å². The van der Waals surface area contributed by atoms with Gasteiger partial charge in [0.25, 0.3) is 5.56 Å². The standard InChI is InChI=1S/C24H18Cl2N2O5S/c1-12-19(23(31)33-3)20(13-7-9-14(10-8-13)22(30)32-2)28-21(29)18(34-24(28)27-12)11-15-16(25)5-4-6-17(15)26/h4-11,20H,1-3H3. The Kier molecular flexibility index (Phi) is 6.74. The lowest BCUT2D eigenvalue weighted by Gasteiger charge is -2.24. The third kappa shape index (κ3) is 4.20. The topological polar surface area (TPSA) is 87.0 Å². The summed E-state index contributed by atoms with van der Waals surface area (Å²) >= 11 is 13.7. The Morgan fingerprint density at radius 1 is 1.03 bits per heavy atom. The fourth-order valence-corrected chi connectivity index (χ4v) is 5.24. The number of allylic oxidation sites excluding steroid dienone is 1. The van der Waals surface area contributed by atoms with E-state index in [-0.39, 0.29) is 11.1 Å². The molecule has 2 heterocycles. The van der Waals surface area contributed by atoms with E-state index in [9.17, 15) is 14.4 Å². The molecule has 0 amide bonds. The molecule has 0 spiro atoms. The molecule has 1 aromatic heterocycles. The average Bonchev–Trinajstić information content (AvgIpc) is 3.14. The van der Waals surface area contributed by atoms with E-state index in [1.54, 1.807) is 55.5 Å². The van der Waals surface area contributed by atoms with Crippen molar-refractivity contribution >= 4 is 52.6 Å². The molecule has 0 N–H and O–H groups in total. The molecule has 1 atom stereocenters. The minimum absolute atomic E-state index is 0.225. The fraction of sp³-hybridized carbons (Fsp3) is 0.167. The van der Waals surface area contributed by atoms with Gasteiger partial charge >= 0.3 is 11.9 Å². The third-order valence-electron chi connectivity index (χ3n) is 5.35. The number of carbonyl (C=O) groups is 2. The van der Waals surface area contributed by atoms with Crippen molar-refractivity contribution < 1.29 is 19.1 Å². The highest BCUT2D eigenvalue weighted by Gasteiger charge is 2.33. The lowest BCUT2D eigenvalue weighted by atomic mass is 9.95. The second kappa shape index (κ2) is 9.58. The molecule has 10 heteroatoms. The predicted octanol–water partition coefficient (Wildman–Crippen LogP) is 3.50. The second-order valence-electron chi connectivity index (χ2n) is 7.32. The van der Waals surface area contributed by atoms with Gasteiger partial charge in [-0.3, -0.25) is 9.36 Å². The minimum atomic E-state index is -0.806. The summed E-state index contributed by atoms with van der Waals surface area (Å²) in [5.74, 6) is -1.10. The Bertz CT molecular complexity index is 1500. The molecule has 1 unspecified atom stereocenters. The van der Waals surface area contributed by atoms with Crippen LogP contribution in [-0.2, 0) is 14.3 Å². The number of hydrogen-bond acceptors (Lipinski definition) is 7. The predicted molar refractivity (Wildman–Crippen MR) is 130 cm³/mol. The Hall–Kier alpha value is -3.20. The molecule has 0 saturated carbocycles. The van der Waals surface area contributed by atoms with Crippen molar-refractivity contribution in [1.82, 2.24) is 4.57 Å². The summed E-state index contributed by atoms with van der Waals surface area (Å²) in [5, 5.41) is 0.805. The molecule has 174 valence electrons. The Morgan fingerprint density at radius 2 is 1.65 bits per heavy atom.